The second-order valence-electron chi connectivity index (χ2n) is 5.05. The monoisotopic (exact) mass is 305 g/mol. The minimum absolute atomic E-state index is 0.195. The quantitative estimate of drug-likeness (QED) is 0.599. The van der Waals surface area contributed by atoms with Gasteiger partial charge in [-0.1, -0.05) is 17.7 Å². The number of nitrogens with two attached hydrogens (primary N) is 1. The molecular formula is C15H19N3O2S. The summed E-state index contributed by atoms with van der Waals surface area (Å²) in [7, 11) is -3.61. The average molecular weight is 305 g/mol. The van der Waals surface area contributed by atoms with E-state index in [0.717, 1.165) is 16.7 Å². The van der Waals surface area contributed by atoms with Gasteiger partial charge in [-0.05, 0) is 56.2 Å². The maximum absolute atomic E-state index is 12.4. The molecule has 5 nitrogen and oxygen atoms in total. The van der Waals surface area contributed by atoms with Crippen molar-refractivity contribution in [3.05, 3.63) is 53.1 Å². The van der Waals surface area contributed by atoms with Crippen molar-refractivity contribution in [2.75, 3.05) is 10.1 Å². The van der Waals surface area contributed by atoms with Crippen LogP contribution in [0, 0.1) is 20.8 Å². The predicted octanol–water partition coefficient (Wildman–Crippen LogP) is 2.70. The molecule has 0 fully saturated rings. The molecule has 21 heavy (non-hydrogen) atoms. The maximum Gasteiger partial charge on any atom is 0.261 e. The normalized spacial score (nSPS) is 11.2. The summed E-state index contributed by atoms with van der Waals surface area (Å²) >= 11 is 0. The second kappa shape index (κ2) is 5.75. The molecule has 0 spiro atoms. The molecule has 2 aromatic carbocycles. The number of hydrazine groups is 1. The van der Waals surface area contributed by atoms with Crippen LogP contribution in [0.3, 0.4) is 0 Å². The number of benzene rings is 2. The van der Waals surface area contributed by atoms with Gasteiger partial charge in [0.2, 0.25) is 0 Å². The summed E-state index contributed by atoms with van der Waals surface area (Å²) in [6.45, 7) is 5.76. The van der Waals surface area contributed by atoms with Gasteiger partial charge in [-0.2, -0.15) is 0 Å². The fourth-order valence-corrected chi connectivity index (χ4v) is 3.47. The third-order valence-electron chi connectivity index (χ3n) is 3.24. The van der Waals surface area contributed by atoms with Crippen molar-refractivity contribution in [1.29, 1.82) is 0 Å². The Bertz CT molecular complexity index is 730. The number of aryl methyl sites for hydroxylation is 3. The zero-order valence-corrected chi connectivity index (χ0v) is 13.1. The van der Waals surface area contributed by atoms with Crippen molar-refractivity contribution in [2.45, 2.75) is 25.7 Å². The highest BCUT2D eigenvalue weighted by molar-refractivity contribution is 7.92. The molecule has 0 unspecified atom stereocenters. The molecule has 0 saturated heterocycles. The van der Waals surface area contributed by atoms with E-state index in [0.29, 0.717) is 11.4 Å². The fourth-order valence-electron chi connectivity index (χ4n) is 2.26. The first-order valence-electron chi connectivity index (χ1n) is 6.51. The van der Waals surface area contributed by atoms with E-state index < -0.39 is 10.0 Å². The molecule has 0 radical (unpaired) electrons. The van der Waals surface area contributed by atoms with E-state index in [9.17, 15) is 8.42 Å². The van der Waals surface area contributed by atoms with E-state index in [1.165, 1.54) is 12.1 Å². The Morgan fingerprint density at radius 3 is 1.95 bits per heavy atom. The number of hydrogen-bond acceptors (Lipinski definition) is 4. The lowest BCUT2D eigenvalue weighted by Crippen LogP contribution is -2.15. The minimum Gasteiger partial charge on any atom is -0.324 e. The van der Waals surface area contributed by atoms with E-state index >= 15 is 0 Å². The number of anilines is 2. The first kappa shape index (κ1) is 15.3. The van der Waals surface area contributed by atoms with Crippen molar-refractivity contribution >= 4 is 21.4 Å². The standard InChI is InChI=1S/C15H19N3O2S/c1-10-8-11(2)15(12(3)9-10)18-21(19,20)14-6-4-13(17-16)5-7-14/h4-9,17-18H,16H2,1-3H3. The third kappa shape index (κ3) is 3.34. The molecule has 6 heteroatoms. The van der Waals surface area contributed by atoms with Crippen molar-refractivity contribution in [1.82, 2.24) is 0 Å². The molecule has 0 aromatic heterocycles. The third-order valence-corrected chi connectivity index (χ3v) is 4.61. The molecule has 2 rings (SSSR count). The highest BCUT2D eigenvalue weighted by atomic mass is 32.2. The van der Waals surface area contributed by atoms with E-state index in [2.05, 4.69) is 10.1 Å². The topological polar surface area (TPSA) is 84.2 Å². The van der Waals surface area contributed by atoms with E-state index in [4.69, 9.17) is 5.84 Å². The summed E-state index contributed by atoms with van der Waals surface area (Å²) in [4.78, 5) is 0.195. The summed E-state index contributed by atoms with van der Waals surface area (Å²) in [6, 6.07) is 10.2. The van der Waals surface area contributed by atoms with E-state index in [1.54, 1.807) is 12.1 Å². The Kier molecular flexibility index (Phi) is 4.20. The van der Waals surface area contributed by atoms with Crippen LogP contribution < -0.4 is 16.0 Å². The summed E-state index contributed by atoms with van der Waals surface area (Å²) in [5.41, 5.74) is 6.64. The highest BCUT2D eigenvalue weighted by Gasteiger charge is 2.16. The lowest BCUT2D eigenvalue weighted by molar-refractivity contribution is 0.601. The summed E-state index contributed by atoms with van der Waals surface area (Å²) < 4.78 is 27.5. The van der Waals surface area contributed by atoms with E-state index in [1.807, 2.05) is 32.9 Å². The van der Waals surface area contributed by atoms with Gasteiger partial charge in [-0.15, -0.1) is 0 Å². The lowest BCUT2D eigenvalue weighted by Gasteiger charge is -2.14. The lowest BCUT2D eigenvalue weighted by atomic mass is 10.1. The molecule has 0 saturated carbocycles. The summed E-state index contributed by atoms with van der Waals surface area (Å²) in [5.74, 6) is 5.27. The molecule has 0 amide bonds. The Balaban J connectivity index is 2.37. The van der Waals surface area contributed by atoms with Gasteiger partial charge < -0.3 is 5.43 Å². The molecule has 0 aliphatic heterocycles. The Morgan fingerprint density at radius 2 is 1.48 bits per heavy atom. The Morgan fingerprint density at radius 1 is 0.952 bits per heavy atom. The van der Waals surface area contributed by atoms with Crippen LogP contribution in [0.1, 0.15) is 16.7 Å². The molecule has 0 atom stereocenters. The highest BCUT2D eigenvalue weighted by Crippen LogP contribution is 2.25. The molecule has 112 valence electrons. The van der Waals surface area contributed by atoms with Crippen molar-refractivity contribution < 1.29 is 8.42 Å². The first-order valence-corrected chi connectivity index (χ1v) is 7.99. The van der Waals surface area contributed by atoms with Gasteiger partial charge >= 0.3 is 0 Å². The minimum atomic E-state index is -3.61. The summed E-state index contributed by atoms with van der Waals surface area (Å²) in [5, 5.41) is 0. The molecular weight excluding hydrogens is 286 g/mol. The Labute approximate surface area is 125 Å². The van der Waals surface area contributed by atoms with Crippen molar-refractivity contribution in [3.63, 3.8) is 0 Å². The van der Waals surface area contributed by atoms with Crippen LogP contribution >= 0.6 is 0 Å². The van der Waals surface area contributed by atoms with Gasteiger partial charge in [0.1, 0.15) is 0 Å². The smallest absolute Gasteiger partial charge is 0.261 e. The summed E-state index contributed by atoms with van der Waals surface area (Å²) in [6.07, 6.45) is 0. The SMILES string of the molecule is Cc1cc(C)c(NS(=O)(=O)c2ccc(NN)cc2)c(C)c1. The van der Waals surface area contributed by atoms with Gasteiger partial charge in [0.05, 0.1) is 10.6 Å². The van der Waals surface area contributed by atoms with Crippen LogP contribution in [-0.2, 0) is 10.0 Å². The molecule has 0 heterocycles. The second-order valence-corrected chi connectivity index (χ2v) is 6.73. The average Bonchev–Trinajstić information content (AvgIpc) is 2.43. The number of nitrogen functional groups attached to an aromatic ring is 1. The fraction of sp³-hybridized carbons (Fsp3) is 0.200. The number of nitrogens with one attached hydrogen (secondary N) is 2. The van der Waals surface area contributed by atoms with Gasteiger partial charge in [0, 0.05) is 5.69 Å². The van der Waals surface area contributed by atoms with Crippen LogP contribution in [0.2, 0.25) is 0 Å². The van der Waals surface area contributed by atoms with Crippen LogP contribution in [0.25, 0.3) is 0 Å². The molecule has 2 aromatic rings. The van der Waals surface area contributed by atoms with Gasteiger partial charge in [0.25, 0.3) is 10.0 Å². The largest absolute Gasteiger partial charge is 0.324 e. The van der Waals surface area contributed by atoms with Gasteiger partial charge in [-0.3, -0.25) is 10.6 Å². The molecule has 0 bridgehead atoms. The number of sulfonamides is 1. The zero-order chi connectivity index (χ0) is 15.6. The first-order chi connectivity index (χ1) is 9.83. The van der Waals surface area contributed by atoms with Crippen LogP contribution in [0.5, 0.6) is 0 Å². The Hall–Kier alpha value is -2.05. The van der Waals surface area contributed by atoms with Crippen LogP contribution in [-0.4, -0.2) is 8.42 Å². The van der Waals surface area contributed by atoms with E-state index in [-0.39, 0.29) is 4.90 Å². The van der Waals surface area contributed by atoms with Crippen LogP contribution in [0.4, 0.5) is 11.4 Å². The number of hydrogen-bond donors (Lipinski definition) is 3. The van der Waals surface area contributed by atoms with Gasteiger partial charge in [-0.25, -0.2) is 8.42 Å². The molecule has 0 aliphatic carbocycles. The number of rotatable bonds is 4. The maximum atomic E-state index is 12.4. The molecule has 4 N–H and O–H groups in total. The van der Waals surface area contributed by atoms with Crippen LogP contribution in [0.15, 0.2) is 41.3 Å². The predicted molar refractivity (Wildman–Crippen MR) is 85.7 cm³/mol. The van der Waals surface area contributed by atoms with Crippen molar-refractivity contribution in [3.8, 4) is 0 Å². The van der Waals surface area contributed by atoms with Gasteiger partial charge in [0.15, 0.2) is 0 Å². The van der Waals surface area contributed by atoms with Crippen molar-refractivity contribution in [2.24, 2.45) is 5.84 Å². The molecule has 0 aliphatic rings. The zero-order valence-electron chi connectivity index (χ0n) is 12.3.